The van der Waals surface area contributed by atoms with E-state index in [0.717, 1.165) is 4.68 Å². The fourth-order valence-corrected chi connectivity index (χ4v) is 1.89. The number of hydrogen-bond donors (Lipinski definition) is 0. The molecule has 2 nitrogen and oxygen atoms in total. The van der Waals surface area contributed by atoms with Gasteiger partial charge in [-0.3, -0.25) is 4.68 Å². The molecule has 0 spiro atoms. The van der Waals surface area contributed by atoms with Gasteiger partial charge in [0, 0.05) is 18.8 Å². The van der Waals surface area contributed by atoms with Crippen LogP contribution in [0.15, 0.2) is 5.03 Å². The lowest BCUT2D eigenvalue weighted by Crippen LogP contribution is -2.03. The zero-order valence-electron chi connectivity index (χ0n) is 5.81. The Labute approximate surface area is 84.7 Å². The van der Waals surface area contributed by atoms with Crippen LogP contribution in [0, 0.1) is 9.77 Å². The van der Waals surface area contributed by atoms with E-state index in [0.29, 0.717) is 3.57 Å². The van der Waals surface area contributed by atoms with Crippen LogP contribution in [0.1, 0.15) is 0 Å². The highest BCUT2D eigenvalue weighted by molar-refractivity contribution is 14.1. The van der Waals surface area contributed by atoms with E-state index >= 15 is 0 Å². The second-order valence-corrected chi connectivity index (χ2v) is 4.03. The van der Waals surface area contributed by atoms with Crippen LogP contribution in [-0.4, -0.2) is 15.3 Å². The maximum atomic E-state index is 11.9. The normalized spacial score (nSPS) is 12.1. The van der Waals surface area contributed by atoms with Gasteiger partial charge in [-0.1, -0.05) is 0 Å². The van der Waals surface area contributed by atoms with Gasteiger partial charge in [-0.15, -0.1) is 0 Å². The lowest BCUT2D eigenvalue weighted by molar-refractivity contribution is -0.0331. The Morgan fingerprint density at radius 2 is 2.17 bits per heavy atom. The van der Waals surface area contributed by atoms with Crippen molar-refractivity contribution in [3.63, 3.8) is 0 Å². The van der Waals surface area contributed by atoms with Crippen molar-refractivity contribution in [2.24, 2.45) is 7.05 Å². The standard InChI is InChI=1S/C5H3F3IN2S/c1-11-4(3(9)2-10-11)12-5(6,7)8/h1H3. The van der Waals surface area contributed by atoms with Crippen LogP contribution >= 0.6 is 34.4 Å². The summed E-state index contributed by atoms with van der Waals surface area (Å²) in [4.78, 5) is 0. The minimum atomic E-state index is -4.26. The molecule has 0 aliphatic carbocycles. The van der Waals surface area contributed by atoms with E-state index in [1.54, 1.807) is 22.6 Å². The molecule has 0 fully saturated rings. The van der Waals surface area contributed by atoms with Gasteiger partial charge in [0.1, 0.15) is 11.2 Å². The highest BCUT2D eigenvalue weighted by Gasteiger charge is 2.32. The third kappa shape index (κ3) is 2.54. The number of thioether (sulfide) groups is 1. The van der Waals surface area contributed by atoms with Crippen LogP contribution in [0.3, 0.4) is 0 Å². The number of aromatic nitrogens is 2. The molecule has 12 heavy (non-hydrogen) atoms. The molecule has 1 aromatic rings. The van der Waals surface area contributed by atoms with Crippen LogP contribution in [0.25, 0.3) is 0 Å². The van der Waals surface area contributed by atoms with Gasteiger partial charge in [0.25, 0.3) is 0 Å². The highest BCUT2D eigenvalue weighted by atomic mass is 127. The Hall–Kier alpha value is 0.0800. The van der Waals surface area contributed by atoms with Crippen molar-refractivity contribution in [1.82, 2.24) is 9.78 Å². The van der Waals surface area contributed by atoms with E-state index in [1.165, 1.54) is 7.05 Å². The van der Waals surface area contributed by atoms with Crippen LogP contribution in [0.2, 0.25) is 0 Å². The summed E-state index contributed by atoms with van der Waals surface area (Å²) in [5.74, 6) is 0. The van der Waals surface area contributed by atoms with E-state index in [1.807, 2.05) is 0 Å². The number of nitrogens with zero attached hydrogens (tertiary/aromatic N) is 2. The summed E-state index contributed by atoms with van der Waals surface area (Å²) in [6, 6.07) is 0. The fraction of sp³-hybridized carbons (Fsp3) is 0.400. The van der Waals surface area contributed by atoms with Gasteiger partial charge in [0.05, 0.1) is 3.57 Å². The van der Waals surface area contributed by atoms with Gasteiger partial charge in [-0.2, -0.15) is 18.3 Å². The van der Waals surface area contributed by atoms with Gasteiger partial charge >= 0.3 is 5.51 Å². The lowest BCUT2D eigenvalue weighted by Gasteiger charge is -2.05. The van der Waals surface area contributed by atoms with Crippen LogP contribution in [0.5, 0.6) is 0 Å². The molecule has 0 atom stereocenters. The molecule has 67 valence electrons. The summed E-state index contributed by atoms with van der Waals surface area (Å²) in [6.45, 7) is 0. The third-order valence-corrected chi connectivity index (χ3v) is 3.00. The van der Waals surface area contributed by atoms with E-state index in [-0.39, 0.29) is 16.8 Å². The lowest BCUT2D eigenvalue weighted by atomic mass is 10.7. The first kappa shape index (κ1) is 10.2. The summed E-state index contributed by atoms with van der Waals surface area (Å²) in [5, 5.41) is 3.64. The first-order valence-electron chi connectivity index (χ1n) is 2.76. The molecule has 0 amide bonds. The first-order valence-corrected chi connectivity index (χ1v) is 4.65. The third-order valence-electron chi connectivity index (χ3n) is 0.992. The molecule has 1 aromatic heterocycles. The van der Waals surface area contributed by atoms with Gasteiger partial charge in [0.15, 0.2) is 0 Å². The van der Waals surface area contributed by atoms with Crippen molar-refractivity contribution in [2.45, 2.75) is 10.5 Å². The molecule has 0 aliphatic heterocycles. The van der Waals surface area contributed by atoms with Crippen LogP contribution in [-0.2, 0) is 7.05 Å². The topological polar surface area (TPSA) is 17.8 Å². The van der Waals surface area contributed by atoms with E-state index in [9.17, 15) is 13.2 Å². The molecule has 7 heteroatoms. The monoisotopic (exact) mass is 307 g/mol. The predicted molar refractivity (Wildman–Crippen MR) is 46.7 cm³/mol. The first-order chi connectivity index (χ1) is 5.40. The average molecular weight is 307 g/mol. The quantitative estimate of drug-likeness (QED) is 0.586. The zero-order chi connectivity index (χ0) is 9.35. The number of hydrogen-bond acceptors (Lipinski definition) is 2. The molecular formula is C5H3F3IN2S. The zero-order valence-corrected chi connectivity index (χ0v) is 8.79. The molecule has 1 radical (unpaired) electrons. The number of aryl methyl sites for hydroxylation is 1. The van der Waals surface area contributed by atoms with Crippen LogP contribution < -0.4 is 0 Å². The number of halogens is 4. The molecule has 0 aliphatic rings. The molecule has 1 heterocycles. The summed E-state index contributed by atoms with van der Waals surface area (Å²) < 4.78 is 37.2. The maximum absolute atomic E-state index is 11.9. The van der Waals surface area contributed by atoms with Crippen molar-refractivity contribution < 1.29 is 13.2 Å². The van der Waals surface area contributed by atoms with Crippen molar-refractivity contribution in [2.75, 3.05) is 0 Å². The van der Waals surface area contributed by atoms with Gasteiger partial charge in [0.2, 0.25) is 0 Å². The Bertz CT molecular complexity index is 263. The van der Waals surface area contributed by atoms with Crippen LogP contribution in [0.4, 0.5) is 13.2 Å². The number of alkyl halides is 3. The van der Waals surface area contributed by atoms with Crippen molar-refractivity contribution in [1.29, 1.82) is 0 Å². The maximum Gasteiger partial charge on any atom is 0.447 e. The minimum absolute atomic E-state index is 0.0723. The molecule has 0 aromatic carbocycles. The SMILES string of the molecule is Cn1n[c]c(I)c1SC(F)(F)F. The Balaban J connectivity index is 2.88. The Morgan fingerprint density at radius 3 is 2.50 bits per heavy atom. The summed E-state index contributed by atoms with van der Waals surface area (Å²) in [6.07, 6.45) is 2.44. The van der Waals surface area contributed by atoms with Crippen molar-refractivity contribution in [3.8, 4) is 0 Å². The molecule has 0 bridgehead atoms. The largest absolute Gasteiger partial charge is 0.447 e. The van der Waals surface area contributed by atoms with Crippen molar-refractivity contribution >= 4 is 34.4 Å². The summed E-state index contributed by atoms with van der Waals surface area (Å²) in [5.41, 5.74) is -4.26. The van der Waals surface area contributed by atoms with E-state index in [2.05, 4.69) is 11.3 Å². The van der Waals surface area contributed by atoms with E-state index < -0.39 is 5.51 Å². The Morgan fingerprint density at radius 1 is 1.58 bits per heavy atom. The molecule has 0 unspecified atom stereocenters. The van der Waals surface area contributed by atoms with Gasteiger partial charge in [-0.05, 0) is 22.6 Å². The van der Waals surface area contributed by atoms with Gasteiger partial charge < -0.3 is 0 Å². The number of rotatable bonds is 1. The average Bonchev–Trinajstić information content (AvgIpc) is 2.16. The summed E-state index contributed by atoms with van der Waals surface area (Å²) >= 11 is 1.58. The second-order valence-electron chi connectivity index (χ2n) is 1.90. The van der Waals surface area contributed by atoms with E-state index in [4.69, 9.17) is 0 Å². The fourth-order valence-electron chi connectivity index (χ4n) is 0.575. The molecule has 1 rings (SSSR count). The molecule has 0 saturated carbocycles. The minimum Gasteiger partial charge on any atom is -0.260 e. The molecular weight excluding hydrogens is 304 g/mol. The molecule has 0 N–H and O–H groups in total. The predicted octanol–water partition coefficient (Wildman–Crippen LogP) is 2.44. The highest BCUT2D eigenvalue weighted by Crippen LogP contribution is 2.38. The summed E-state index contributed by atoms with van der Waals surface area (Å²) in [7, 11) is 1.45. The molecule has 0 saturated heterocycles. The van der Waals surface area contributed by atoms with Gasteiger partial charge in [-0.25, -0.2) is 0 Å². The van der Waals surface area contributed by atoms with Crippen molar-refractivity contribution in [3.05, 3.63) is 9.77 Å². The second kappa shape index (κ2) is 3.44. The Kier molecular flexibility index (Phi) is 2.92. The smallest absolute Gasteiger partial charge is 0.260 e.